The molecular weight excluding hydrogens is 377 g/mol. The summed E-state index contributed by atoms with van der Waals surface area (Å²) in [6.07, 6.45) is 2.88. The summed E-state index contributed by atoms with van der Waals surface area (Å²) in [4.78, 5) is 19.6. The van der Waals surface area contributed by atoms with Crippen LogP contribution in [0.1, 0.15) is 25.7 Å². The van der Waals surface area contributed by atoms with Gasteiger partial charge in [-0.2, -0.15) is 4.98 Å². The molecule has 1 aliphatic rings. The van der Waals surface area contributed by atoms with E-state index in [2.05, 4.69) is 20.2 Å². The maximum Gasteiger partial charge on any atom is 0.350 e. The monoisotopic (exact) mass is 397 g/mol. The summed E-state index contributed by atoms with van der Waals surface area (Å²) in [6, 6.07) is 8.06. The molecule has 3 aromatic rings. The number of ether oxygens (including phenoxy) is 1. The van der Waals surface area contributed by atoms with Crippen molar-refractivity contribution in [2.24, 2.45) is 7.05 Å². The van der Waals surface area contributed by atoms with Crippen molar-refractivity contribution in [2.45, 2.75) is 38.0 Å². The number of hydrogen-bond acceptors (Lipinski definition) is 7. The number of nitrogens with zero attached hydrogens (tertiary/aromatic N) is 5. The number of phenols is 1. The number of aromatic hydroxyl groups is 1. The molecule has 1 aliphatic carbocycles. The Bertz CT molecular complexity index is 1070. The van der Waals surface area contributed by atoms with Gasteiger partial charge in [0.25, 0.3) is 0 Å². The van der Waals surface area contributed by atoms with Gasteiger partial charge in [0.15, 0.2) is 5.82 Å². The number of benzene rings is 1. The molecule has 2 aromatic heterocycles. The number of phenolic OH excluding ortho intramolecular Hbond substituents is 1. The largest absolute Gasteiger partial charge is 0.507 e. The lowest BCUT2D eigenvalue weighted by Crippen LogP contribution is -2.32. The van der Waals surface area contributed by atoms with Crippen molar-refractivity contribution in [3.05, 3.63) is 47.1 Å². The second-order valence-corrected chi connectivity index (χ2v) is 7.02. The molecule has 2 heterocycles. The molecule has 29 heavy (non-hydrogen) atoms. The normalized spacial score (nSPS) is 19.1. The van der Waals surface area contributed by atoms with Crippen LogP contribution < -0.4 is 10.4 Å². The molecule has 2 atom stereocenters. The summed E-state index contributed by atoms with van der Waals surface area (Å²) in [5.41, 5.74) is 0.959. The van der Waals surface area contributed by atoms with Gasteiger partial charge >= 0.3 is 5.69 Å². The van der Waals surface area contributed by atoms with Gasteiger partial charge in [-0.25, -0.2) is 14.2 Å². The molecule has 0 saturated heterocycles. The van der Waals surface area contributed by atoms with E-state index >= 15 is 0 Å². The number of halogens is 1. The second kappa shape index (κ2) is 7.94. The van der Waals surface area contributed by atoms with Crippen molar-refractivity contribution < 1.29 is 14.2 Å². The molecule has 9 heteroatoms. The second-order valence-electron chi connectivity index (χ2n) is 7.02. The minimum atomic E-state index is -0.987. The molecule has 8 nitrogen and oxygen atoms in total. The summed E-state index contributed by atoms with van der Waals surface area (Å²) < 4.78 is 20.8. The summed E-state index contributed by atoms with van der Waals surface area (Å²) >= 11 is 0. The Morgan fingerprint density at radius 2 is 2.00 bits per heavy atom. The molecule has 1 fully saturated rings. The first kappa shape index (κ1) is 19.0. The summed E-state index contributed by atoms with van der Waals surface area (Å²) in [5, 5.41) is 18.5. The lowest BCUT2D eigenvalue weighted by atomic mass is 9.96. The van der Waals surface area contributed by atoms with Crippen LogP contribution in [0.4, 0.5) is 4.39 Å². The van der Waals surface area contributed by atoms with E-state index in [0.29, 0.717) is 29.7 Å². The van der Waals surface area contributed by atoms with Crippen LogP contribution in [-0.2, 0) is 7.05 Å². The van der Waals surface area contributed by atoms with Crippen molar-refractivity contribution in [3.63, 3.8) is 0 Å². The van der Waals surface area contributed by atoms with E-state index in [-0.39, 0.29) is 17.5 Å². The van der Waals surface area contributed by atoms with Crippen LogP contribution in [0.15, 0.2) is 41.5 Å². The number of rotatable bonds is 4. The molecule has 0 amide bonds. The fourth-order valence-electron chi connectivity index (χ4n) is 3.28. The Labute approximate surface area is 166 Å². The zero-order chi connectivity index (χ0) is 20.4. The zero-order valence-corrected chi connectivity index (χ0v) is 15.8. The average Bonchev–Trinajstić information content (AvgIpc) is 2.72. The SMILES string of the molecule is Cn1cnc(-c2ccc(-c3ccc(O[C@@H]4CCCC[C@@H]4F)nn3)c(O)c2)nc1=O. The van der Waals surface area contributed by atoms with Crippen molar-refractivity contribution in [3.8, 4) is 34.3 Å². The highest BCUT2D eigenvalue weighted by Crippen LogP contribution is 2.32. The van der Waals surface area contributed by atoms with E-state index in [1.165, 1.54) is 17.0 Å². The van der Waals surface area contributed by atoms with Gasteiger partial charge in [0.2, 0.25) is 5.88 Å². The first-order valence-corrected chi connectivity index (χ1v) is 9.39. The number of aryl methyl sites for hydroxylation is 1. The average molecular weight is 397 g/mol. The molecule has 1 saturated carbocycles. The van der Waals surface area contributed by atoms with E-state index in [9.17, 15) is 14.3 Å². The lowest BCUT2D eigenvalue weighted by molar-refractivity contribution is 0.0594. The minimum absolute atomic E-state index is 0.0501. The molecule has 0 aliphatic heterocycles. The van der Waals surface area contributed by atoms with Crippen molar-refractivity contribution in [2.75, 3.05) is 0 Å². The molecule has 0 radical (unpaired) electrons. The quantitative estimate of drug-likeness (QED) is 0.722. The van der Waals surface area contributed by atoms with Crippen LogP contribution in [0, 0.1) is 0 Å². The fraction of sp³-hybridized carbons (Fsp3) is 0.350. The predicted molar refractivity (Wildman–Crippen MR) is 103 cm³/mol. The Morgan fingerprint density at radius 3 is 2.69 bits per heavy atom. The molecule has 0 bridgehead atoms. The van der Waals surface area contributed by atoms with Crippen LogP contribution in [-0.4, -0.2) is 42.1 Å². The van der Waals surface area contributed by atoms with E-state index in [4.69, 9.17) is 4.74 Å². The van der Waals surface area contributed by atoms with Gasteiger partial charge in [-0.05, 0) is 37.5 Å². The maximum absolute atomic E-state index is 13.9. The van der Waals surface area contributed by atoms with Gasteiger partial charge in [0.1, 0.15) is 24.4 Å². The molecule has 1 aromatic carbocycles. The van der Waals surface area contributed by atoms with Gasteiger partial charge in [-0.1, -0.05) is 12.5 Å². The standard InChI is InChI=1S/C20H20FN5O3/c1-26-11-22-19(23-20(26)28)12-6-7-13(16(27)10-12)15-8-9-18(25-24-15)29-17-5-3-2-4-14(17)21/h6-11,14,17,27H,2-5H2,1H3/t14-,17+/m0/s1. The van der Waals surface area contributed by atoms with E-state index in [1.54, 1.807) is 31.3 Å². The smallest absolute Gasteiger partial charge is 0.350 e. The maximum atomic E-state index is 13.9. The summed E-state index contributed by atoms with van der Waals surface area (Å²) in [5.74, 6) is 0.428. The molecule has 4 rings (SSSR count). The Kier molecular flexibility index (Phi) is 5.20. The molecule has 0 unspecified atom stereocenters. The van der Waals surface area contributed by atoms with Crippen LogP contribution in [0.3, 0.4) is 0 Å². The van der Waals surface area contributed by atoms with E-state index in [0.717, 1.165) is 12.8 Å². The van der Waals surface area contributed by atoms with Gasteiger partial charge in [-0.3, -0.25) is 4.57 Å². The van der Waals surface area contributed by atoms with Crippen LogP contribution in [0.2, 0.25) is 0 Å². The van der Waals surface area contributed by atoms with Crippen LogP contribution in [0.5, 0.6) is 11.6 Å². The van der Waals surface area contributed by atoms with E-state index < -0.39 is 18.0 Å². The number of aromatic nitrogens is 5. The highest BCUT2D eigenvalue weighted by Gasteiger charge is 2.26. The van der Waals surface area contributed by atoms with Gasteiger partial charge < -0.3 is 9.84 Å². The van der Waals surface area contributed by atoms with Crippen molar-refractivity contribution in [1.29, 1.82) is 0 Å². The van der Waals surface area contributed by atoms with Crippen LogP contribution >= 0.6 is 0 Å². The Morgan fingerprint density at radius 1 is 1.17 bits per heavy atom. The molecular formula is C20H20FN5O3. The Balaban J connectivity index is 1.53. The summed E-state index contributed by atoms with van der Waals surface area (Å²) in [7, 11) is 1.56. The fourth-order valence-corrected chi connectivity index (χ4v) is 3.28. The Hall–Kier alpha value is -3.36. The van der Waals surface area contributed by atoms with Crippen molar-refractivity contribution >= 4 is 0 Å². The van der Waals surface area contributed by atoms with Gasteiger partial charge in [-0.15, -0.1) is 10.2 Å². The first-order chi connectivity index (χ1) is 14.0. The van der Waals surface area contributed by atoms with Crippen LogP contribution in [0.25, 0.3) is 22.6 Å². The molecule has 1 N–H and O–H groups in total. The van der Waals surface area contributed by atoms with Gasteiger partial charge in [0.05, 0.1) is 5.69 Å². The molecule has 150 valence electrons. The zero-order valence-electron chi connectivity index (χ0n) is 15.8. The third kappa shape index (κ3) is 4.08. The topological polar surface area (TPSA) is 103 Å². The third-order valence-corrected chi connectivity index (χ3v) is 4.92. The minimum Gasteiger partial charge on any atom is -0.507 e. The lowest BCUT2D eigenvalue weighted by Gasteiger charge is -2.25. The third-order valence-electron chi connectivity index (χ3n) is 4.92. The van der Waals surface area contributed by atoms with Gasteiger partial charge in [0, 0.05) is 24.2 Å². The highest BCUT2D eigenvalue weighted by atomic mass is 19.1. The molecule has 0 spiro atoms. The highest BCUT2D eigenvalue weighted by molar-refractivity contribution is 5.71. The van der Waals surface area contributed by atoms with E-state index in [1.807, 2.05) is 0 Å². The van der Waals surface area contributed by atoms with Crippen molar-refractivity contribution in [1.82, 2.24) is 24.7 Å². The first-order valence-electron chi connectivity index (χ1n) is 9.39. The summed E-state index contributed by atoms with van der Waals surface area (Å²) in [6.45, 7) is 0. The number of alkyl halides is 1. The predicted octanol–water partition coefficient (Wildman–Crippen LogP) is 2.66. The number of hydrogen-bond donors (Lipinski definition) is 1.